The first-order valence-corrected chi connectivity index (χ1v) is 9.84. The van der Waals surface area contributed by atoms with E-state index >= 15 is 0 Å². The van der Waals surface area contributed by atoms with Crippen LogP contribution in [0, 0.1) is 0 Å². The molecule has 0 aliphatic carbocycles. The number of aromatic hydroxyl groups is 2. The van der Waals surface area contributed by atoms with Crippen LogP contribution in [0.3, 0.4) is 0 Å². The molecule has 1 aliphatic rings. The zero-order chi connectivity index (χ0) is 23.8. The molecule has 10 heteroatoms. The molecule has 2 rings (SSSR count). The highest BCUT2D eigenvalue weighted by molar-refractivity contribution is 6.56. The third kappa shape index (κ3) is 5.92. The minimum atomic E-state index is -1.35. The van der Waals surface area contributed by atoms with Crippen molar-refractivity contribution in [1.82, 2.24) is 5.32 Å². The topological polar surface area (TPSA) is 135 Å². The van der Waals surface area contributed by atoms with E-state index in [1.165, 1.54) is 6.08 Å². The minimum absolute atomic E-state index is 0.0472. The van der Waals surface area contributed by atoms with Crippen molar-refractivity contribution in [1.29, 1.82) is 0 Å². The number of amides is 1. The summed E-state index contributed by atoms with van der Waals surface area (Å²) in [7, 11) is -0.874. The van der Waals surface area contributed by atoms with Crippen LogP contribution < -0.4 is 5.32 Å². The number of carbonyl (C=O) groups is 2. The van der Waals surface area contributed by atoms with Crippen molar-refractivity contribution in [3.63, 3.8) is 0 Å². The third-order valence-electron chi connectivity index (χ3n) is 5.11. The van der Waals surface area contributed by atoms with E-state index in [9.17, 15) is 24.9 Å². The van der Waals surface area contributed by atoms with Crippen molar-refractivity contribution < 1.29 is 39.0 Å². The number of carboxylic acids is 1. The van der Waals surface area contributed by atoms with E-state index < -0.39 is 41.7 Å². The first-order chi connectivity index (χ1) is 14.0. The number of phenols is 2. The molecule has 0 saturated carbocycles. The van der Waals surface area contributed by atoms with E-state index in [0.29, 0.717) is 5.47 Å². The van der Waals surface area contributed by atoms with Crippen molar-refractivity contribution in [2.45, 2.75) is 65.3 Å². The van der Waals surface area contributed by atoms with Gasteiger partial charge in [0.2, 0.25) is 0 Å². The molecule has 1 amide bonds. The maximum Gasteiger partial charge on any atom is 0.492 e. The van der Waals surface area contributed by atoms with Gasteiger partial charge in [0.05, 0.1) is 11.2 Å². The quantitative estimate of drug-likeness (QED) is 0.518. The lowest BCUT2D eigenvalue weighted by Gasteiger charge is -2.32. The van der Waals surface area contributed by atoms with Crippen LogP contribution in [0.1, 0.15) is 64.4 Å². The van der Waals surface area contributed by atoms with Gasteiger partial charge in [-0.2, -0.15) is 0 Å². The van der Waals surface area contributed by atoms with E-state index in [-0.39, 0.29) is 23.4 Å². The maximum atomic E-state index is 12.1. The molecule has 1 saturated heterocycles. The van der Waals surface area contributed by atoms with Gasteiger partial charge in [0.15, 0.2) is 0 Å². The number of ether oxygens (including phenoxy) is 1. The van der Waals surface area contributed by atoms with Crippen LogP contribution in [-0.2, 0) is 14.0 Å². The predicted octanol–water partition coefficient (Wildman–Crippen LogP) is 3.34. The molecule has 1 aromatic rings. The van der Waals surface area contributed by atoms with Gasteiger partial charge < -0.3 is 34.7 Å². The number of aromatic carboxylic acids is 1. The second kappa shape index (κ2) is 8.43. The molecule has 0 spiro atoms. The Hall–Kier alpha value is -2.72. The van der Waals surface area contributed by atoms with Crippen LogP contribution in [0.5, 0.6) is 11.5 Å². The number of carboxylic acid groups (broad SMARTS) is 1. The van der Waals surface area contributed by atoms with Gasteiger partial charge in [-0.3, -0.25) is 0 Å². The van der Waals surface area contributed by atoms with E-state index in [2.05, 4.69) is 5.32 Å². The first kappa shape index (κ1) is 24.6. The lowest BCUT2D eigenvalue weighted by molar-refractivity contribution is 0.00578. The highest BCUT2D eigenvalue weighted by atomic mass is 16.7. The van der Waals surface area contributed by atoms with Crippen LogP contribution >= 0.6 is 0 Å². The Morgan fingerprint density at radius 2 is 1.65 bits per heavy atom. The molecule has 1 fully saturated rings. The smallest absolute Gasteiger partial charge is 0.492 e. The normalized spacial score (nSPS) is 18.0. The molecule has 0 aromatic heterocycles. The standard InChI is InChI=1S/C21H30BNO8/c1-19(2,3)29-18(28)23-11-13(22-30-20(4,5)21(6,7)31-22)8-12-9-14(17(26)27)16(25)10-15(12)24/h8-10,24-25H,11H2,1-7H3,(H,23,28)(H,26,27). The van der Waals surface area contributed by atoms with Gasteiger partial charge in [-0.25, -0.2) is 9.59 Å². The average Bonchev–Trinajstić information content (AvgIpc) is 2.78. The van der Waals surface area contributed by atoms with E-state index in [1.54, 1.807) is 20.8 Å². The zero-order valence-corrected chi connectivity index (χ0v) is 18.9. The first-order valence-electron chi connectivity index (χ1n) is 9.84. The minimum Gasteiger partial charge on any atom is -0.507 e. The SMILES string of the molecule is CC(C)(C)OC(=O)NCC(=Cc1cc(C(=O)O)c(O)cc1O)B1OC(C)(C)C(C)(C)O1. The third-order valence-corrected chi connectivity index (χ3v) is 5.11. The van der Waals surface area contributed by atoms with Crippen molar-refractivity contribution in [2.75, 3.05) is 6.54 Å². The number of alkyl carbamates (subject to hydrolysis) is 1. The number of phenolic OH excluding ortho intramolecular Hbond substituents is 1. The van der Waals surface area contributed by atoms with Gasteiger partial charge >= 0.3 is 19.2 Å². The van der Waals surface area contributed by atoms with Crippen molar-refractivity contribution in [2.24, 2.45) is 0 Å². The van der Waals surface area contributed by atoms with Gasteiger partial charge in [-0.05, 0) is 60.0 Å². The number of carbonyl (C=O) groups excluding carboxylic acids is 1. The van der Waals surface area contributed by atoms with Crippen LogP contribution in [0.15, 0.2) is 17.6 Å². The molecule has 0 bridgehead atoms. The van der Waals surface area contributed by atoms with Crippen molar-refractivity contribution in [3.05, 3.63) is 28.7 Å². The molecule has 0 radical (unpaired) electrons. The monoisotopic (exact) mass is 435 g/mol. The maximum absolute atomic E-state index is 12.1. The molecular weight excluding hydrogens is 405 g/mol. The molecule has 4 N–H and O–H groups in total. The second-order valence-electron chi connectivity index (χ2n) is 9.40. The fraction of sp³-hybridized carbons (Fsp3) is 0.524. The van der Waals surface area contributed by atoms with Gasteiger partial charge in [0.1, 0.15) is 22.7 Å². The fourth-order valence-electron chi connectivity index (χ4n) is 2.77. The summed E-state index contributed by atoms with van der Waals surface area (Å²) in [6.45, 7) is 12.6. The Bertz CT molecular complexity index is 885. The van der Waals surface area contributed by atoms with Crippen LogP contribution in [0.25, 0.3) is 6.08 Å². The summed E-state index contributed by atoms with van der Waals surface area (Å²) in [5.74, 6) is -2.25. The Morgan fingerprint density at radius 3 is 2.13 bits per heavy atom. The highest BCUT2D eigenvalue weighted by Gasteiger charge is 2.52. The summed E-state index contributed by atoms with van der Waals surface area (Å²) in [6.07, 6.45) is 0.803. The average molecular weight is 435 g/mol. The van der Waals surface area contributed by atoms with E-state index in [1.807, 2.05) is 27.7 Å². The van der Waals surface area contributed by atoms with Gasteiger partial charge in [-0.1, -0.05) is 6.08 Å². The van der Waals surface area contributed by atoms with Gasteiger partial charge in [-0.15, -0.1) is 0 Å². The molecule has 1 aliphatic heterocycles. The lowest BCUT2D eigenvalue weighted by atomic mass is 9.76. The molecule has 1 heterocycles. The van der Waals surface area contributed by atoms with Crippen LogP contribution in [0.4, 0.5) is 4.79 Å². The molecule has 0 atom stereocenters. The fourth-order valence-corrected chi connectivity index (χ4v) is 2.77. The van der Waals surface area contributed by atoms with Crippen molar-refractivity contribution in [3.8, 4) is 11.5 Å². The summed E-state index contributed by atoms with van der Waals surface area (Å²) >= 11 is 0. The summed E-state index contributed by atoms with van der Waals surface area (Å²) in [6, 6.07) is 2.07. The lowest BCUT2D eigenvalue weighted by Crippen LogP contribution is -2.41. The number of hydrogen-bond donors (Lipinski definition) is 4. The Balaban J connectivity index is 2.42. The Kier molecular flexibility index (Phi) is 6.68. The second-order valence-corrected chi connectivity index (χ2v) is 9.40. The van der Waals surface area contributed by atoms with Crippen LogP contribution in [-0.4, -0.2) is 57.8 Å². The Morgan fingerprint density at radius 1 is 1.10 bits per heavy atom. The van der Waals surface area contributed by atoms with Gasteiger partial charge in [0, 0.05) is 18.2 Å². The van der Waals surface area contributed by atoms with E-state index in [0.717, 1.165) is 12.1 Å². The number of nitrogens with one attached hydrogen (secondary N) is 1. The molecule has 0 unspecified atom stereocenters. The van der Waals surface area contributed by atoms with Crippen LogP contribution in [0.2, 0.25) is 0 Å². The van der Waals surface area contributed by atoms with E-state index in [4.69, 9.17) is 14.0 Å². The van der Waals surface area contributed by atoms with Gasteiger partial charge in [0.25, 0.3) is 0 Å². The largest absolute Gasteiger partial charge is 0.507 e. The molecule has 31 heavy (non-hydrogen) atoms. The summed E-state index contributed by atoms with van der Waals surface area (Å²) in [5.41, 5.74) is -1.85. The molecule has 1 aromatic carbocycles. The summed E-state index contributed by atoms with van der Waals surface area (Å²) in [4.78, 5) is 23.5. The molecule has 170 valence electrons. The number of rotatable bonds is 5. The number of hydrogen-bond acceptors (Lipinski definition) is 7. The predicted molar refractivity (Wildman–Crippen MR) is 115 cm³/mol. The molecular formula is C21H30BNO8. The molecule has 9 nitrogen and oxygen atoms in total. The highest BCUT2D eigenvalue weighted by Crippen LogP contribution is 2.39. The zero-order valence-electron chi connectivity index (χ0n) is 18.9. The Labute approximate surface area is 182 Å². The number of benzene rings is 1. The summed E-state index contributed by atoms with van der Waals surface area (Å²) < 4.78 is 17.3. The summed E-state index contributed by atoms with van der Waals surface area (Å²) in [5, 5.41) is 31.9. The van der Waals surface area contributed by atoms with Crippen molar-refractivity contribution >= 4 is 25.3 Å².